The zero-order valence-electron chi connectivity index (χ0n) is 24.3. The molecule has 214 valence electrons. The van der Waals surface area contributed by atoms with Crippen molar-refractivity contribution in [1.82, 2.24) is 9.80 Å². The topological polar surface area (TPSA) is 96.4 Å². The van der Waals surface area contributed by atoms with Crippen LogP contribution in [0.4, 0.5) is 0 Å². The minimum atomic E-state index is -1.14. The molecule has 3 aliphatic rings. The molecule has 0 radical (unpaired) electrons. The van der Waals surface area contributed by atoms with Gasteiger partial charge in [0.1, 0.15) is 17.6 Å². The molecule has 1 N–H and O–H groups in total. The van der Waals surface area contributed by atoms with Gasteiger partial charge >= 0.3 is 5.97 Å². The molecule has 8 nitrogen and oxygen atoms in total. The lowest BCUT2D eigenvalue weighted by Gasteiger charge is -2.45. The smallest absolute Gasteiger partial charge is 0.312 e. The molecule has 3 saturated heterocycles. The quantitative estimate of drug-likeness (QED) is 0.220. The Balaban J connectivity index is 2.05. The Kier molecular flexibility index (Phi) is 8.89. The fourth-order valence-corrected chi connectivity index (χ4v) is 7.50. The summed E-state index contributed by atoms with van der Waals surface area (Å²) in [4.78, 5) is 45.3. The number of nitrogens with zero attached hydrogens (tertiary/aromatic N) is 2. The predicted octanol–water partition coefficient (Wildman–Crippen LogP) is 3.87. The maximum atomic E-state index is 14.5. The predicted molar refractivity (Wildman–Crippen MR) is 146 cm³/mol. The molecule has 8 heteroatoms. The van der Waals surface area contributed by atoms with Crippen LogP contribution in [0.1, 0.15) is 80.1 Å². The number of aliphatic hydroxyl groups excluding tert-OH is 1. The van der Waals surface area contributed by atoms with E-state index in [0.29, 0.717) is 32.2 Å². The molecule has 0 aromatic carbocycles. The Morgan fingerprint density at radius 2 is 1.89 bits per heavy atom. The van der Waals surface area contributed by atoms with E-state index in [4.69, 9.17) is 9.47 Å². The van der Waals surface area contributed by atoms with Gasteiger partial charge in [0.05, 0.1) is 24.7 Å². The molecule has 1 spiro atoms. The van der Waals surface area contributed by atoms with Crippen LogP contribution in [0.15, 0.2) is 25.3 Å². The third kappa shape index (κ3) is 5.18. The van der Waals surface area contributed by atoms with Gasteiger partial charge in [-0.05, 0) is 57.8 Å². The number of carbonyl (C=O) groups is 3. The third-order valence-electron chi connectivity index (χ3n) is 8.58. The van der Waals surface area contributed by atoms with E-state index in [1.54, 1.807) is 17.1 Å². The lowest BCUT2D eigenvalue weighted by atomic mass is 9.65. The van der Waals surface area contributed by atoms with Crippen LogP contribution >= 0.6 is 0 Å². The normalized spacial score (nSPS) is 30.3. The molecule has 38 heavy (non-hydrogen) atoms. The van der Waals surface area contributed by atoms with E-state index in [0.717, 1.165) is 12.8 Å². The van der Waals surface area contributed by atoms with Gasteiger partial charge in [-0.25, -0.2) is 0 Å². The van der Waals surface area contributed by atoms with E-state index in [-0.39, 0.29) is 37.0 Å². The third-order valence-corrected chi connectivity index (χ3v) is 8.58. The first-order chi connectivity index (χ1) is 17.7. The van der Waals surface area contributed by atoms with Crippen LogP contribution in [0.25, 0.3) is 0 Å². The Morgan fingerprint density at radius 1 is 1.21 bits per heavy atom. The maximum absolute atomic E-state index is 14.5. The highest BCUT2D eigenvalue weighted by Crippen LogP contribution is 2.64. The fraction of sp³-hybridized carbons (Fsp3) is 0.767. The average molecular weight is 533 g/mol. The molecular formula is C30H48N2O6. The number of β-amino-alcohol motifs (C(OH)–C–C–N with tert-alkyl or cyclic N) is 1. The van der Waals surface area contributed by atoms with Crippen molar-refractivity contribution in [3.8, 4) is 0 Å². The van der Waals surface area contributed by atoms with Gasteiger partial charge in [0.25, 0.3) is 0 Å². The van der Waals surface area contributed by atoms with Crippen LogP contribution in [-0.4, -0.2) is 81.8 Å². The fourth-order valence-electron chi connectivity index (χ4n) is 7.50. The van der Waals surface area contributed by atoms with Crippen LogP contribution in [0.2, 0.25) is 0 Å². The molecule has 0 aromatic heterocycles. The van der Waals surface area contributed by atoms with Gasteiger partial charge in [-0.1, -0.05) is 39.8 Å². The van der Waals surface area contributed by atoms with Gasteiger partial charge in [-0.3, -0.25) is 14.4 Å². The minimum absolute atomic E-state index is 0.00128. The van der Waals surface area contributed by atoms with Crippen LogP contribution in [-0.2, 0) is 23.9 Å². The highest BCUT2D eigenvalue weighted by molar-refractivity contribution is 5.98. The van der Waals surface area contributed by atoms with Crippen LogP contribution in [0.3, 0.4) is 0 Å². The molecule has 2 unspecified atom stereocenters. The van der Waals surface area contributed by atoms with Crippen LogP contribution in [0, 0.1) is 17.3 Å². The van der Waals surface area contributed by atoms with Crippen molar-refractivity contribution < 1.29 is 29.0 Å². The van der Waals surface area contributed by atoms with Gasteiger partial charge in [-0.15, -0.1) is 13.2 Å². The SMILES string of the molecule is C=CCCCOC(=O)[C@@H]1[C@H]2C(=O)N(CCO)C(C(=O)N(CC=C)C(C)(C)CC(C)(C)C)C23CC[C@@]1(CC)O3. The number of hydrogen-bond acceptors (Lipinski definition) is 6. The molecule has 2 amide bonds. The summed E-state index contributed by atoms with van der Waals surface area (Å²) in [7, 11) is 0. The molecule has 0 aliphatic carbocycles. The molecule has 0 aromatic rings. The van der Waals surface area contributed by atoms with E-state index in [2.05, 4.69) is 33.9 Å². The summed E-state index contributed by atoms with van der Waals surface area (Å²) in [5.41, 5.74) is -2.56. The summed E-state index contributed by atoms with van der Waals surface area (Å²) in [5.74, 6) is -2.58. The zero-order valence-corrected chi connectivity index (χ0v) is 24.3. The van der Waals surface area contributed by atoms with Gasteiger partial charge in [0.15, 0.2) is 0 Å². The van der Waals surface area contributed by atoms with Crippen molar-refractivity contribution in [1.29, 1.82) is 0 Å². The van der Waals surface area contributed by atoms with E-state index < -0.39 is 40.6 Å². The Bertz CT molecular complexity index is 940. The first-order valence-corrected chi connectivity index (χ1v) is 14.1. The summed E-state index contributed by atoms with van der Waals surface area (Å²) < 4.78 is 12.4. The lowest BCUT2D eigenvalue weighted by molar-refractivity contribution is -0.163. The number of amides is 2. The highest BCUT2D eigenvalue weighted by atomic mass is 16.6. The molecule has 2 bridgehead atoms. The molecule has 5 atom stereocenters. The summed E-state index contributed by atoms with van der Waals surface area (Å²) in [6.45, 7) is 20.3. The van der Waals surface area contributed by atoms with Crippen LogP contribution in [0.5, 0.6) is 0 Å². The van der Waals surface area contributed by atoms with Crippen molar-refractivity contribution in [3.05, 3.63) is 25.3 Å². The number of aliphatic hydroxyl groups is 1. The number of likely N-dealkylation sites (tertiary alicyclic amines) is 1. The Morgan fingerprint density at radius 3 is 2.45 bits per heavy atom. The molecule has 3 fully saturated rings. The second kappa shape index (κ2) is 11.1. The summed E-state index contributed by atoms with van der Waals surface area (Å²) >= 11 is 0. The maximum Gasteiger partial charge on any atom is 0.312 e. The number of carbonyl (C=O) groups excluding carboxylic acids is 3. The first-order valence-electron chi connectivity index (χ1n) is 14.1. The van der Waals surface area contributed by atoms with E-state index in [1.807, 2.05) is 20.8 Å². The Hall–Kier alpha value is -2.19. The van der Waals surface area contributed by atoms with Crippen molar-refractivity contribution in [2.75, 3.05) is 26.3 Å². The van der Waals surface area contributed by atoms with Crippen molar-refractivity contribution in [2.45, 2.75) is 103 Å². The Labute approximate surface area is 228 Å². The van der Waals surface area contributed by atoms with Gasteiger partial charge in [0, 0.05) is 18.6 Å². The molecule has 3 rings (SSSR count). The largest absolute Gasteiger partial charge is 0.465 e. The number of fused-ring (bicyclic) bond motifs is 1. The number of esters is 1. The van der Waals surface area contributed by atoms with Gasteiger partial charge in [0.2, 0.25) is 11.8 Å². The van der Waals surface area contributed by atoms with E-state index in [1.165, 1.54) is 4.90 Å². The molecular weight excluding hydrogens is 484 g/mol. The highest BCUT2D eigenvalue weighted by Gasteiger charge is 2.79. The summed E-state index contributed by atoms with van der Waals surface area (Å²) in [6, 6.07) is -0.932. The monoisotopic (exact) mass is 532 g/mol. The van der Waals surface area contributed by atoms with Crippen LogP contribution < -0.4 is 0 Å². The summed E-state index contributed by atoms with van der Waals surface area (Å²) in [6.07, 6.45) is 7.20. The van der Waals surface area contributed by atoms with Crippen molar-refractivity contribution in [3.63, 3.8) is 0 Å². The number of unbranched alkanes of at least 4 members (excludes halogenated alkanes) is 1. The standard InChI is InChI=1S/C30H48N2O6/c1-9-12-13-19-37-26(36)22-21-24(34)31(17-18-33)23(30(21)15-14-29(22,11-3)38-30)25(35)32(16-10-2)28(7,8)20-27(4,5)6/h9-10,21-23,33H,1-2,11-20H2,3-8H3/t21-,22-,23?,29+,30?/m0/s1. The first kappa shape index (κ1) is 30.4. The molecule has 0 saturated carbocycles. The van der Waals surface area contributed by atoms with E-state index >= 15 is 0 Å². The second-order valence-corrected chi connectivity index (χ2v) is 13.0. The average Bonchev–Trinajstić information content (AvgIpc) is 3.42. The van der Waals surface area contributed by atoms with Crippen molar-refractivity contribution >= 4 is 17.8 Å². The number of allylic oxidation sites excluding steroid dienone is 1. The van der Waals surface area contributed by atoms with Gasteiger partial charge < -0.3 is 24.4 Å². The number of ether oxygens (including phenoxy) is 2. The molecule has 3 heterocycles. The minimum Gasteiger partial charge on any atom is -0.465 e. The zero-order chi connectivity index (χ0) is 28.5. The second-order valence-electron chi connectivity index (χ2n) is 13.0. The van der Waals surface area contributed by atoms with Crippen molar-refractivity contribution in [2.24, 2.45) is 17.3 Å². The van der Waals surface area contributed by atoms with E-state index in [9.17, 15) is 19.5 Å². The number of rotatable bonds is 13. The number of hydrogen-bond donors (Lipinski definition) is 1. The summed E-state index contributed by atoms with van der Waals surface area (Å²) in [5, 5.41) is 9.89. The van der Waals surface area contributed by atoms with Gasteiger partial charge in [-0.2, -0.15) is 0 Å². The lowest BCUT2D eigenvalue weighted by Crippen LogP contribution is -2.61. The molecule has 3 aliphatic heterocycles.